The topological polar surface area (TPSA) is 29.5 Å². The van der Waals surface area contributed by atoms with E-state index < -0.39 is 0 Å². The van der Waals surface area contributed by atoms with Gasteiger partial charge in [0, 0.05) is 6.61 Å². The molecule has 2 heteroatoms. The van der Waals surface area contributed by atoms with Crippen molar-refractivity contribution in [1.29, 1.82) is 0 Å². The van der Waals surface area contributed by atoms with Crippen molar-refractivity contribution < 1.29 is 9.84 Å². The zero-order valence-corrected chi connectivity index (χ0v) is 5.84. The highest BCUT2D eigenvalue weighted by Gasteiger charge is 2.22. The zero-order valence-electron chi connectivity index (χ0n) is 5.84. The molecule has 1 aliphatic heterocycles. The lowest BCUT2D eigenvalue weighted by Gasteiger charge is -2.02. The number of aliphatic hydroxyl groups is 1. The second-order valence-corrected chi connectivity index (χ2v) is 2.65. The van der Waals surface area contributed by atoms with Crippen LogP contribution in [0.3, 0.4) is 0 Å². The maximum atomic E-state index is 8.65. The molecule has 0 unspecified atom stereocenters. The minimum absolute atomic E-state index is 0.134. The Bertz CT molecular complexity index is 73.0. The first kappa shape index (κ1) is 7.03. The number of ether oxygens (including phenoxy) is 1. The van der Waals surface area contributed by atoms with Gasteiger partial charge in [-0.1, -0.05) is 13.3 Å². The van der Waals surface area contributed by atoms with Crippen LogP contribution < -0.4 is 0 Å². The van der Waals surface area contributed by atoms with Crippen LogP contribution in [0.15, 0.2) is 0 Å². The predicted octanol–water partition coefficient (Wildman–Crippen LogP) is 0.794. The third-order valence-electron chi connectivity index (χ3n) is 1.94. The van der Waals surface area contributed by atoms with Gasteiger partial charge in [0.1, 0.15) is 0 Å². The highest BCUT2D eigenvalue weighted by Crippen LogP contribution is 2.21. The van der Waals surface area contributed by atoms with E-state index >= 15 is 0 Å². The van der Waals surface area contributed by atoms with Gasteiger partial charge in [-0.15, -0.1) is 0 Å². The molecule has 2 nitrogen and oxygen atoms in total. The van der Waals surface area contributed by atoms with Crippen molar-refractivity contribution in [2.45, 2.75) is 25.9 Å². The van der Waals surface area contributed by atoms with Crippen molar-refractivity contribution in [3.63, 3.8) is 0 Å². The van der Waals surface area contributed by atoms with Crippen LogP contribution in [-0.4, -0.2) is 24.4 Å². The van der Waals surface area contributed by atoms with Crippen LogP contribution in [0.1, 0.15) is 19.8 Å². The first-order chi connectivity index (χ1) is 4.36. The standard InChI is InChI=1S/C7H14O2/c1-2-6-3-7(4-8)9-5-6/h6-8H,2-5H2,1H3/t6-,7+/m1/s1. The van der Waals surface area contributed by atoms with Crippen LogP contribution in [0, 0.1) is 5.92 Å². The van der Waals surface area contributed by atoms with Gasteiger partial charge in [-0.3, -0.25) is 0 Å². The molecule has 1 heterocycles. The molecule has 0 spiro atoms. The molecular weight excluding hydrogens is 116 g/mol. The molecule has 0 saturated carbocycles. The second-order valence-electron chi connectivity index (χ2n) is 2.65. The number of rotatable bonds is 2. The Morgan fingerprint density at radius 1 is 1.67 bits per heavy atom. The Balaban J connectivity index is 2.20. The van der Waals surface area contributed by atoms with E-state index in [-0.39, 0.29) is 12.7 Å². The lowest BCUT2D eigenvalue weighted by Crippen LogP contribution is -2.09. The van der Waals surface area contributed by atoms with Crippen molar-refractivity contribution >= 4 is 0 Å². The van der Waals surface area contributed by atoms with Gasteiger partial charge in [0.25, 0.3) is 0 Å². The smallest absolute Gasteiger partial charge is 0.0809 e. The Kier molecular flexibility index (Phi) is 2.49. The normalized spacial score (nSPS) is 35.3. The molecule has 0 aromatic heterocycles. The minimum Gasteiger partial charge on any atom is -0.394 e. The van der Waals surface area contributed by atoms with E-state index in [9.17, 15) is 0 Å². The van der Waals surface area contributed by atoms with Crippen molar-refractivity contribution in [2.75, 3.05) is 13.2 Å². The molecule has 0 radical (unpaired) electrons. The van der Waals surface area contributed by atoms with E-state index in [0.29, 0.717) is 5.92 Å². The van der Waals surface area contributed by atoms with Crippen molar-refractivity contribution in [2.24, 2.45) is 5.92 Å². The number of hydrogen-bond acceptors (Lipinski definition) is 2. The number of aliphatic hydroxyl groups excluding tert-OH is 1. The van der Waals surface area contributed by atoms with Crippen molar-refractivity contribution in [3.05, 3.63) is 0 Å². The first-order valence-electron chi connectivity index (χ1n) is 3.59. The molecule has 1 fully saturated rings. The summed E-state index contributed by atoms with van der Waals surface area (Å²) in [6.07, 6.45) is 2.36. The molecule has 0 bridgehead atoms. The summed E-state index contributed by atoms with van der Waals surface area (Å²) in [5.74, 6) is 0.696. The van der Waals surface area contributed by atoms with E-state index in [1.807, 2.05) is 0 Å². The molecule has 1 aliphatic rings. The van der Waals surface area contributed by atoms with E-state index in [4.69, 9.17) is 9.84 Å². The summed E-state index contributed by atoms with van der Waals surface area (Å²) in [7, 11) is 0. The van der Waals surface area contributed by atoms with Gasteiger partial charge in [0.2, 0.25) is 0 Å². The summed E-state index contributed by atoms with van der Waals surface area (Å²) in [6, 6.07) is 0. The molecule has 0 aromatic carbocycles. The summed E-state index contributed by atoms with van der Waals surface area (Å²) in [5.41, 5.74) is 0. The SMILES string of the molecule is CC[C@H]1CO[C@H](CO)C1. The predicted molar refractivity (Wildman–Crippen MR) is 35.2 cm³/mol. The fraction of sp³-hybridized carbons (Fsp3) is 1.00. The average molecular weight is 130 g/mol. The van der Waals surface area contributed by atoms with Gasteiger partial charge in [0.05, 0.1) is 12.7 Å². The van der Waals surface area contributed by atoms with Gasteiger partial charge < -0.3 is 9.84 Å². The van der Waals surface area contributed by atoms with Gasteiger partial charge in [0.15, 0.2) is 0 Å². The van der Waals surface area contributed by atoms with Crippen LogP contribution in [0.4, 0.5) is 0 Å². The highest BCUT2D eigenvalue weighted by molar-refractivity contribution is 4.71. The maximum absolute atomic E-state index is 8.65. The summed E-state index contributed by atoms with van der Waals surface area (Å²) >= 11 is 0. The summed E-state index contributed by atoms with van der Waals surface area (Å²) in [5, 5.41) is 8.65. The molecule has 1 N–H and O–H groups in total. The molecule has 1 saturated heterocycles. The van der Waals surface area contributed by atoms with E-state index in [1.165, 1.54) is 6.42 Å². The second kappa shape index (κ2) is 3.18. The lowest BCUT2D eigenvalue weighted by molar-refractivity contribution is 0.0572. The fourth-order valence-corrected chi connectivity index (χ4v) is 1.19. The van der Waals surface area contributed by atoms with Crippen molar-refractivity contribution in [1.82, 2.24) is 0 Å². The fourth-order valence-electron chi connectivity index (χ4n) is 1.19. The van der Waals surface area contributed by atoms with Gasteiger partial charge >= 0.3 is 0 Å². The van der Waals surface area contributed by atoms with E-state index in [0.717, 1.165) is 13.0 Å². The van der Waals surface area contributed by atoms with Gasteiger partial charge in [-0.2, -0.15) is 0 Å². The molecule has 2 atom stereocenters. The molecule has 54 valence electrons. The zero-order chi connectivity index (χ0) is 6.69. The van der Waals surface area contributed by atoms with Crippen LogP contribution in [-0.2, 0) is 4.74 Å². The lowest BCUT2D eigenvalue weighted by atomic mass is 10.0. The van der Waals surface area contributed by atoms with Crippen molar-refractivity contribution in [3.8, 4) is 0 Å². The average Bonchev–Trinajstić information content (AvgIpc) is 2.34. The van der Waals surface area contributed by atoms with E-state index in [2.05, 4.69) is 6.92 Å². The molecule has 0 aromatic rings. The Morgan fingerprint density at radius 3 is 2.78 bits per heavy atom. The van der Waals surface area contributed by atoms with Crippen LogP contribution in [0.25, 0.3) is 0 Å². The van der Waals surface area contributed by atoms with Crippen LogP contribution in [0.5, 0.6) is 0 Å². The van der Waals surface area contributed by atoms with E-state index in [1.54, 1.807) is 0 Å². The summed E-state index contributed by atoms with van der Waals surface area (Å²) in [6.45, 7) is 3.20. The Labute approximate surface area is 55.8 Å². The molecule has 9 heavy (non-hydrogen) atoms. The molecule has 0 amide bonds. The number of hydrogen-bond donors (Lipinski definition) is 1. The Morgan fingerprint density at radius 2 is 2.44 bits per heavy atom. The third-order valence-corrected chi connectivity index (χ3v) is 1.94. The maximum Gasteiger partial charge on any atom is 0.0809 e. The first-order valence-corrected chi connectivity index (χ1v) is 3.59. The summed E-state index contributed by atoms with van der Waals surface area (Å²) < 4.78 is 5.26. The highest BCUT2D eigenvalue weighted by atomic mass is 16.5. The Hall–Kier alpha value is -0.0800. The van der Waals surface area contributed by atoms with Gasteiger partial charge in [-0.25, -0.2) is 0 Å². The largest absolute Gasteiger partial charge is 0.394 e. The monoisotopic (exact) mass is 130 g/mol. The van der Waals surface area contributed by atoms with Gasteiger partial charge in [-0.05, 0) is 12.3 Å². The quantitative estimate of drug-likeness (QED) is 0.599. The van der Waals surface area contributed by atoms with Crippen LogP contribution in [0.2, 0.25) is 0 Å². The third kappa shape index (κ3) is 1.66. The molecule has 1 rings (SSSR count). The minimum atomic E-state index is 0.134. The van der Waals surface area contributed by atoms with Crippen LogP contribution >= 0.6 is 0 Å². The molecule has 0 aliphatic carbocycles. The molecular formula is C7H14O2. The summed E-state index contributed by atoms with van der Waals surface area (Å²) in [4.78, 5) is 0.